The highest BCUT2D eigenvalue weighted by Gasteiger charge is 1.98. The van der Waals surface area contributed by atoms with Crippen LogP contribution in [0.3, 0.4) is 0 Å². The Balaban J connectivity index is 3.00. The molecule has 0 aromatic carbocycles. The van der Waals surface area contributed by atoms with Crippen LogP contribution in [0.1, 0.15) is 91.4 Å². The van der Waals surface area contributed by atoms with Crippen LogP contribution >= 0.6 is 0 Å². The van der Waals surface area contributed by atoms with E-state index in [0.717, 1.165) is 19.6 Å². The Morgan fingerprint density at radius 2 is 0.800 bits per heavy atom. The highest BCUT2D eigenvalue weighted by molar-refractivity contribution is 4.48. The second kappa shape index (κ2) is 26.8. The van der Waals surface area contributed by atoms with E-state index < -0.39 is 0 Å². The smallest absolute Gasteiger partial charge is 0.0701 e. The van der Waals surface area contributed by atoms with Gasteiger partial charge in [-0.25, -0.2) is 0 Å². The van der Waals surface area contributed by atoms with Crippen molar-refractivity contribution in [3.8, 4) is 0 Å². The van der Waals surface area contributed by atoms with Gasteiger partial charge in [0.2, 0.25) is 0 Å². The van der Waals surface area contributed by atoms with E-state index >= 15 is 0 Å². The van der Waals surface area contributed by atoms with Crippen molar-refractivity contribution in [3.05, 3.63) is 0 Å². The molecule has 0 heterocycles. The van der Waals surface area contributed by atoms with E-state index in [9.17, 15) is 0 Å². The third-order valence-corrected chi connectivity index (χ3v) is 5.23. The van der Waals surface area contributed by atoms with Crippen molar-refractivity contribution in [1.82, 2.24) is 0 Å². The van der Waals surface area contributed by atoms with Gasteiger partial charge in [-0.3, -0.25) is 0 Å². The standard InChI is InChI=1S/C25H52O5/c1-4-6-7-8-9-10-11-12-13-14-15-26-16-17-27-18-19-28-20-21-29-22-23-30-24-25(3)5-2/h25H,4-24H2,1-3H3. The first-order chi connectivity index (χ1) is 14.8. The minimum Gasteiger partial charge on any atom is -0.379 e. The first-order valence-electron chi connectivity index (χ1n) is 12.7. The summed E-state index contributed by atoms with van der Waals surface area (Å²) >= 11 is 0. The summed E-state index contributed by atoms with van der Waals surface area (Å²) in [7, 11) is 0. The van der Waals surface area contributed by atoms with E-state index in [0.29, 0.717) is 58.8 Å². The molecule has 0 fully saturated rings. The second-order valence-corrected chi connectivity index (χ2v) is 8.22. The average Bonchev–Trinajstić information content (AvgIpc) is 2.76. The molecule has 1 unspecified atom stereocenters. The van der Waals surface area contributed by atoms with E-state index in [-0.39, 0.29) is 0 Å². The highest BCUT2D eigenvalue weighted by atomic mass is 16.6. The molecule has 30 heavy (non-hydrogen) atoms. The number of hydrogen-bond acceptors (Lipinski definition) is 5. The number of hydrogen-bond donors (Lipinski definition) is 0. The lowest BCUT2D eigenvalue weighted by atomic mass is 10.1. The SMILES string of the molecule is CCCCCCCCCCCCOCCOCCOCCOCCOCC(C)CC. The van der Waals surface area contributed by atoms with Crippen molar-refractivity contribution in [2.75, 3.05) is 66.1 Å². The molecule has 0 rings (SSSR count). The lowest BCUT2D eigenvalue weighted by Crippen LogP contribution is -2.14. The topological polar surface area (TPSA) is 46.2 Å². The fourth-order valence-electron chi connectivity index (χ4n) is 2.97. The van der Waals surface area contributed by atoms with Gasteiger partial charge in [-0.05, 0) is 12.3 Å². The van der Waals surface area contributed by atoms with Gasteiger partial charge in [0, 0.05) is 13.2 Å². The zero-order chi connectivity index (χ0) is 22.0. The van der Waals surface area contributed by atoms with Gasteiger partial charge in [-0.2, -0.15) is 0 Å². The number of unbranched alkanes of at least 4 members (excludes halogenated alkanes) is 9. The summed E-state index contributed by atoms with van der Waals surface area (Å²) in [6.07, 6.45) is 14.7. The van der Waals surface area contributed by atoms with Gasteiger partial charge in [0.1, 0.15) is 0 Å². The van der Waals surface area contributed by atoms with Gasteiger partial charge in [0.15, 0.2) is 0 Å². The van der Waals surface area contributed by atoms with Crippen LogP contribution in [0.25, 0.3) is 0 Å². The van der Waals surface area contributed by atoms with Crippen molar-refractivity contribution >= 4 is 0 Å². The van der Waals surface area contributed by atoms with Crippen LogP contribution in [-0.4, -0.2) is 66.1 Å². The molecule has 5 heteroatoms. The molecule has 0 amide bonds. The minimum absolute atomic E-state index is 0.601. The normalized spacial score (nSPS) is 12.5. The Kier molecular flexibility index (Phi) is 26.7. The van der Waals surface area contributed by atoms with E-state index in [1.54, 1.807) is 0 Å². The molecule has 0 N–H and O–H groups in total. The van der Waals surface area contributed by atoms with Crippen LogP contribution in [0.15, 0.2) is 0 Å². The minimum atomic E-state index is 0.601. The number of ether oxygens (including phenoxy) is 5. The van der Waals surface area contributed by atoms with Crippen LogP contribution in [0, 0.1) is 5.92 Å². The Morgan fingerprint density at radius 1 is 0.433 bits per heavy atom. The average molecular weight is 433 g/mol. The van der Waals surface area contributed by atoms with Crippen molar-refractivity contribution < 1.29 is 23.7 Å². The van der Waals surface area contributed by atoms with Crippen molar-refractivity contribution in [1.29, 1.82) is 0 Å². The molecule has 0 bridgehead atoms. The molecule has 0 aromatic rings. The third kappa shape index (κ3) is 25.8. The van der Waals surface area contributed by atoms with Gasteiger partial charge in [-0.15, -0.1) is 0 Å². The molecule has 0 radical (unpaired) electrons. The fourth-order valence-corrected chi connectivity index (χ4v) is 2.97. The Morgan fingerprint density at radius 3 is 1.23 bits per heavy atom. The molecule has 0 aliphatic carbocycles. The van der Waals surface area contributed by atoms with E-state index in [2.05, 4.69) is 20.8 Å². The molecule has 0 aliphatic rings. The van der Waals surface area contributed by atoms with Crippen LogP contribution in [0.4, 0.5) is 0 Å². The third-order valence-electron chi connectivity index (χ3n) is 5.23. The maximum Gasteiger partial charge on any atom is 0.0701 e. The highest BCUT2D eigenvalue weighted by Crippen LogP contribution is 2.10. The van der Waals surface area contributed by atoms with Crippen LogP contribution in [0.5, 0.6) is 0 Å². The van der Waals surface area contributed by atoms with Crippen molar-refractivity contribution in [2.45, 2.75) is 91.4 Å². The quantitative estimate of drug-likeness (QED) is 0.156. The molecule has 0 saturated heterocycles. The second-order valence-electron chi connectivity index (χ2n) is 8.22. The first kappa shape index (κ1) is 29.8. The van der Waals surface area contributed by atoms with Gasteiger partial charge >= 0.3 is 0 Å². The maximum absolute atomic E-state index is 5.62. The fraction of sp³-hybridized carbons (Fsp3) is 1.00. The van der Waals surface area contributed by atoms with Crippen LogP contribution in [-0.2, 0) is 23.7 Å². The Labute approximate surface area is 187 Å². The predicted molar refractivity (Wildman–Crippen MR) is 125 cm³/mol. The van der Waals surface area contributed by atoms with Gasteiger partial charge < -0.3 is 23.7 Å². The molecule has 182 valence electrons. The van der Waals surface area contributed by atoms with Crippen LogP contribution < -0.4 is 0 Å². The van der Waals surface area contributed by atoms with E-state index in [1.807, 2.05) is 0 Å². The summed E-state index contributed by atoms with van der Waals surface area (Å²) in [5, 5.41) is 0. The molecule has 1 atom stereocenters. The molecule has 0 aromatic heterocycles. The summed E-state index contributed by atoms with van der Waals surface area (Å²) in [6, 6.07) is 0. The zero-order valence-electron chi connectivity index (χ0n) is 20.5. The summed E-state index contributed by atoms with van der Waals surface area (Å²) in [4.78, 5) is 0. The molecular weight excluding hydrogens is 380 g/mol. The summed E-state index contributed by atoms with van der Waals surface area (Å²) in [6.45, 7) is 13.4. The summed E-state index contributed by atoms with van der Waals surface area (Å²) in [5.74, 6) is 0.624. The lowest BCUT2D eigenvalue weighted by Gasteiger charge is -2.10. The molecule has 0 spiro atoms. The van der Waals surface area contributed by atoms with Gasteiger partial charge in [0.25, 0.3) is 0 Å². The predicted octanol–water partition coefficient (Wildman–Crippen LogP) is 6.04. The van der Waals surface area contributed by atoms with E-state index in [1.165, 1.54) is 64.2 Å². The Bertz CT molecular complexity index is 301. The zero-order valence-corrected chi connectivity index (χ0v) is 20.5. The molecule has 0 saturated carbocycles. The number of rotatable bonds is 26. The monoisotopic (exact) mass is 432 g/mol. The van der Waals surface area contributed by atoms with Gasteiger partial charge in [0.05, 0.1) is 52.9 Å². The first-order valence-corrected chi connectivity index (χ1v) is 12.7. The molecule has 5 nitrogen and oxygen atoms in total. The van der Waals surface area contributed by atoms with Gasteiger partial charge in [-0.1, -0.05) is 85.0 Å². The Hall–Kier alpha value is -0.200. The van der Waals surface area contributed by atoms with Crippen molar-refractivity contribution in [3.63, 3.8) is 0 Å². The summed E-state index contributed by atoms with van der Waals surface area (Å²) in [5.41, 5.74) is 0. The lowest BCUT2D eigenvalue weighted by molar-refractivity contribution is -0.0133. The van der Waals surface area contributed by atoms with Crippen molar-refractivity contribution in [2.24, 2.45) is 5.92 Å². The maximum atomic E-state index is 5.62. The van der Waals surface area contributed by atoms with Crippen LogP contribution in [0.2, 0.25) is 0 Å². The molecule has 0 aliphatic heterocycles. The van der Waals surface area contributed by atoms with E-state index in [4.69, 9.17) is 23.7 Å². The molecular formula is C25H52O5. The summed E-state index contributed by atoms with van der Waals surface area (Å²) < 4.78 is 27.6. The largest absolute Gasteiger partial charge is 0.379 e.